The molecule has 3 heteroatoms. The van der Waals surface area contributed by atoms with E-state index in [2.05, 4.69) is 54.3 Å². The molecule has 0 bridgehead atoms. The minimum absolute atomic E-state index is 0.255. The van der Waals surface area contributed by atoms with E-state index in [4.69, 9.17) is 18.0 Å². The number of terminal acetylenes is 1. The van der Waals surface area contributed by atoms with Gasteiger partial charge in [0, 0.05) is 20.9 Å². The molecule has 1 nitrogen and oxygen atoms in total. The summed E-state index contributed by atoms with van der Waals surface area (Å²) in [5.41, 5.74) is 2.63. The van der Waals surface area contributed by atoms with Gasteiger partial charge in [0.1, 0.15) is 0 Å². The normalized spacial score (nSPS) is 16.8. The van der Waals surface area contributed by atoms with E-state index in [1.165, 1.54) is 20.9 Å². The predicted octanol–water partition coefficient (Wildman–Crippen LogP) is 4.65. The number of rotatable bonds is 2. The Bertz CT molecular complexity index is 705. The first-order chi connectivity index (χ1) is 10.2. The van der Waals surface area contributed by atoms with Gasteiger partial charge >= 0.3 is 0 Å². The van der Waals surface area contributed by atoms with Gasteiger partial charge < -0.3 is 0 Å². The van der Waals surface area contributed by atoms with Gasteiger partial charge in [-0.05, 0) is 48.9 Å². The lowest BCUT2D eigenvalue weighted by Crippen LogP contribution is -2.26. The molecule has 0 spiro atoms. The van der Waals surface area contributed by atoms with Crippen LogP contribution < -0.4 is 0 Å². The summed E-state index contributed by atoms with van der Waals surface area (Å²) in [4.78, 5) is 4.80. The quantitative estimate of drug-likeness (QED) is 0.742. The molecule has 1 aliphatic heterocycles. The molecule has 1 aliphatic rings. The SMILES string of the molecule is C#CCN(C)C1Cc2ccccc2Sc2ccc(Cl)cc21. The molecule has 0 saturated heterocycles. The number of hydrogen-bond donors (Lipinski definition) is 0. The largest absolute Gasteiger partial charge is 0.288 e. The molecule has 0 fully saturated rings. The second-order valence-electron chi connectivity index (χ2n) is 5.23. The van der Waals surface area contributed by atoms with E-state index < -0.39 is 0 Å². The highest BCUT2D eigenvalue weighted by atomic mass is 35.5. The zero-order chi connectivity index (χ0) is 14.8. The van der Waals surface area contributed by atoms with Gasteiger partial charge in [-0.3, -0.25) is 4.90 Å². The molecule has 106 valence electrons. The zero-order valence-corrected chi connectivity index (χ0v) is 13.4. The van der Waals surface area contributed by atoms with Crippen LogP contribution in [-0.2, 0) is 6.42 Å². The molecule has 0 saturated carbocycles. The fraction of sp³-hybridized carbons (Fsp3) is 0.222. The van der Waals surface area contributed by atoms with Gasteiger partial charge in [0.15, 0.2) is 0 Å². The van der Waals surface area contributed by atoms with E-state index in [0.717, 1.165) is 11.4 Å². The van der Waals surface area contributed by atoms with Crippen molar-refractivity contribution in [2.45, 2.75) is 22.3 Å². The van der Waals surface area contributed by atoms with E-state index in [0.29, 0.717) is 6.54 Å². The van der Waals surface area contributed by atoms with Crippen molar-refractivity contribution in [3.63, 3.8) is 0 Å². The van der Waals surface area contributed by atoms with Crippen molar-refractivity contribution in [2.24, 2.45) is 0 Å². The van der Waals surface area contributed by atoms with E-state index in [9.17, 15) is 0 Å². The topological polar surface area (TPSA) is 3.24 Å². The molecule has 0 aromatic heterocycles. The van der Waals surface area contributed by atoms with Crippen molar-refractivity contribution in [1.82, 2.24) is 4.90 Å². The van der Waals surface area contributed by atoms with Crippen LogP contribution in [-0.4, -0.2) is 18.5 Å². The van der Waals surface area contributed by atoms with Crippen LogP contribution >= 0.6 is 23.4 Å². The Kier molecular flexibility index (Phi) is 4.26. The van der Waals surface area contributed by atoms with Crippen molar-refractivity contribution < 1.29 is 0 Å². The molecule has 2 aromatic rings. The molecule has 0 radical (unpaired) electrons. The van der Waals surface area contributed by atoms with Crippen LogP contribution in [0.3, 0.4) is 0 Å². The lowest BCUT2D eigenvalue weighted by atomic mass is 9.97. The molecule has 1 heterocycles. The van der Waals surface area contributed by atoms with Crippen LogP contribution in [0.4, 0.5) is 0 Å². The highest BCUT2D eigenvalue weighted by Crippen LogP contribution is 2.43. The van der Waals surface area contributed by atoms with E-state index in [1.54, 1.807) is 0 Å². The van der Waals surface area contributed by atoms with E-state index >= 15 is 0 Å². The van der Waals surface area contributed by atoms with Crippen molar-refractivity contribution in [1.29, 1.82) is 0 Å². The molecule has 21 heavy (non-hydrogen) atoms. The number of halogens is 1. The summed E-state index contributed by atoms with van der Waals surface area (Å²) in [5.74, 6) is 2.74. The lowest BCUT2D eigenvalue weighted by molar-refractivity contribution is 0.269. The molecule has 0 N–H and O–H groups in total. The van der Waals surface area contributed by atoms with Crippen LogP contribution in [0.1, 0.15) is 17.2 Å². The monoisotopic (exact) mass is 313 g/mol. The highest BCUT2D eigenvalue weighted by molar-refractivity contribution is 7.99. The summed E-state index contributed by atoms with van der Waals surface area (Å²) < 4.78 is 0. The van der Waals surface area contributed by atoms with Gasteiger partial charge in [0.25, 0.3) is 0 Å². The second kappa shape index (κ2) is 6.15. The molecule has 1 unspecified atom stereocenters. The Balaban J connectivity index is 2.11. The van der Waals surface area contributed by atoms with Crippen LogP contribution in [0, 0.1) is 12.3 Å². The van der Waals surface area contributed by atoms with Gasteiger partial charge in [-0.25, -0.2) is 0 Å². The number of fused-ring (bicyclic) bond motifs is 2. The minimum Gasteiger partial charge on any atom is -0.288 e. The standard InChI is InChI=1S/C18H16ClNS/c1-3-10-20(2)16-11-13-6-4-5-7-17(13)21-18-9-8-14(19)12-15(16)18/h1,4-9,12,16H,10-11H2,2H3. The molecule has 1 atom stereocenters. The third kappa shape index (κ3) is 2.96. The van der Waals surface area contributed by atoms with Gasteiger partial charge in [-0.1, -0.05) is 47.5 Å². The summed E-state index contributed by atoms with van der Waals surface area (Å²) in [5, 5.41) is 0.777. The Morgan fingerprint density at radius 1 is 1.29 bits per heavy atom. The Morgan fingerprint density at radius 2 is 2.10 bits per heavy atom. The number of nitrogens with zero attached hydrogens (tertiary/aromatic N) is 1. The lowest BCUT2D eigenvalue weighted by Gasteiger charge is -2.27. The smallest absolute Gasteiger partial charge is 0.0601 e. The average Bonchev–Trinajstić information content (AvgIpc) is 2.64. The fourth-order valence-electron chi connectivity index (χ4n) is 2.73. The number of hydrogen-bond acceptors (Lipinski definition) is 2. The molecule has 0 amide bonds. The summed E-state index contributed by atoms with van der Waals surface area (Å²) in [6.07, 6.45) is 6.45. The van der Waals surface area contributed by atoms with Gasteiger partial charge in [-0.2, -0.15) is 0 Å². The number of benzene rings is 2. The maximum Gasteiger partial charge on any atom is 0.0601 e. The molecule has 0 aliphatic carbocycles. The van der Waals surface area contributed by atoms with Gasteiger partial charge in [0.05, 0.1) is 6.54 Å². The fourth-order valence-corrected chi connectivity index (χ4v) is 4.02. The molecular formula is C18H16ClNS. The summed E-state index contributed by atoms with van der Waals surface area (Å²) in [6.45, 7) is 0.628. The van der Waals surface area contributed by atoms with E-state index in [1.807, 2.05) is 17.8 Å². The summed E-state index contributed by atoms with van der Waals surface area (Å²) in [6, 6.07) is 15.0. The van der Waals surface area contributed by atoms with Crippen LogP contribution in [0.2, 0.25) is 5.02 Å². The average molecular weight is 314 g/mol. The van der Waals surface area contributed by atoms with Crippen LogP contribution in [0.5, 0.6) is 0 Å². The zero-order valence-electron chi connectivity index (χ0n) is 11.8. The summed E-state index contributed by atoms with van der Waals surface area (Å²) in [7, 11) is 2.08. The van der Waals surface area contributed by atoms with Gasteiger partial charge in [-0.15, -0.1) is 6.42 Å². The maximum atomic E-state index is 6.22. The Hall–Kier alpha value is -1.40. The van der Waals surface area contributed by atoms with Crippen molar-refractivity contribution in [3.05, 3.63) is 58.6 Å². The Morgan fingerprint density at radius 3 is 2.90 bits per heavy atom. The molecular weight excluding hydrogens is 298 g/mol. The van der Waals surface area contributed by atoms with Crippen molar-refractivity contribution >= 4 is 23.4 Å². The van der Waals surface area contributed by atoms with Crippen molar-refractivity contribution in [2.75, 3.05) is 13.6 Å². The maximum absolute atomic E-state index is 6.22. The first-order valence-electron chi connectivity index (χ1n) is 6.88. The first-order valence-corrected chi connectivity index (χ1v) is 8.07. The predicted molar refractivity (Wildman–Crippen MR) is 89.9 cm³/mol. The van der Waals surface area contributed by atoms with Gasteiger partial charge in [0.2, 0.25) is 0 Å². The van der Waals surface area contributed by atoms with Crippen molar-refractivity contribution in [3.8, 4) is 12.3 Å². The first kappa shape index (κ1) is 14.5. The third-order valence-corrected chi connectivity index (χ3v) is 5.25. The van der Waals surface area contributed by atoms with E-state index in [-0.39, 0.29) is 6.04 Å². The number of likely N-dealkylation sites (N-methyl/N-ethyl adjacent to an activating group) is 1. The second-order valence-corrected chi connectivity index (χ2v) is 6.75. The molecule has 2 aromatic carbocycles. The molecule has 3 rings (SSSR count). The minimum atomic E-state index is 0.255. The highest BCUT2D eigenvalue weighted by Gasteiger charge is 2.25. The summed E-state index contributed by atoms with van der Waals surface area (Å²) >= 11 is 8.03. The third-order valence-electron chi connectivity index (χ3n) is 3.81. The van der Waals surface area contributed by atoms with Crippen LogP contribution in [0.25, 0.3) is 0 Å². The Labute approximate surface area is 135 Å². The van der Waals surface area contributed by atoms with Crippen LogP contribution in [0.15, 0.2) is 52.3 Å².